The molecule has 1 unspecified atom stereocenters. The van der Waals surface area contributed by atoms with Gasteiger partial charge in [-0.25, -0.2) is 4.98 Å². The van der Waals surface area contributed by atoms with Gasteiger partial charge in [0.05, 0.1) is 23.7 Å². The number of ether oxygens (including phenoxy) is 1. The Balaban J connectivity index is 2.01. The molecule has 6 heteroatoms. The van der Waals surface area contributed by atoms with E-state index < -0.39 is 5.54 Å². The van der Waals surface area contributed by atoms with Crippen molar-refractivity contribution in [1.29, 1.82) is 5.26 Å². The van der Waals surface area contributed by atoms with Crippen LogP contribution < -0.4 is 10.1 Å². The predicted octanol–water partition coefficient (Wildman–Crippen LogP) is 2.95. The number of aromatic nitrogens is 2. The summed E-state index contributed by atoms with van der Waals surface area (Å²) in [6, 6.07) is 8.13. The zero-order valence-corrected chi connectivity index (χ0v) is 13.4. The van der Waals surface area contributed by atoms with Crippen molar-refractivity contribution in [2.45, 2.75) is 31.0 Å². The van der Waals surface area contributed by atoms with Crippen LogP contribution in [0.5, 0.6) is 5.75 Å². The molecule has 0 amide bonds. The Hall–Kier alpha value is -1.71. The van der Waals surface area contributed by atoms with Crippen LogP contribution in [0.1, 0.15) is 20.3 Å². The molecule has 1 atom stereocenters. The van der Waals surface area contributed by atoms with Crippen molar-refractivity contribution in [3.63, 3.8) is 0 Å². The molecule has 0 aliphatic carbocycles. The normalized spacial score (nSPS) is 13.8. The second-order valence-electron chi connectivity index (χ2n) is 4.95. The minimum absolute atomic E-state index is 0.485. The van der Waals surface area contributed by atoms with Crippen LogP contribution >= 0.6 is 11.8 Å². The number of hydrogen-bond donors (Lipinski definition) is 2. The molecule has 0 saturated carbocycles. The molecule has 1 aromatic carbocycles. The van der Waals surface area contributed by atoms with Crippen LogP contribution in [0.2, 0.25) is 0 Å². The number of fused-ring (bicyclic) bond motifs is 1. The lowest BCUT2D eigenvalue weighted by atomic mass is 10.0. The number of thioether (sulfide) groups is 1. The van der Waals surface area contributed by atoms with Crippen LogP contribution in [0.3, 0.4) is 0 Å². The van der Waals surface area contributed by atoms with Crippen molar-refractivity contribution < 1.29 is 4.74 Å². The molecule has 2 rings (SSSR count). The summed E-state index contributed by atoms with van der Waals surface area (Å²) in [5.74, 6) is 1.67. The molecule has 0 radical (unpaired) electrons. The first-order valence-corrected chi connectivity index (χ1v) is 7.94. The summed E-state index contributed by atoms with van der Waals surface area (Å²) in [6.07, 6.45) is 0.756. The largest absolute Gasteiger partial charge is 0.494 e. The maximum Gasteiger partial charge on any atom is 0.166 e. The molecule has 2 aromatic rings. The van der Waals surface area contributed by atoms with Gasteiger partial charge in [-0.15, -0.1) is 0 Å². The number of nitrogens with one attached hydrogen (secondary N) is 2. The van der Waals surface area contributed by atoms with Gasteiger partial charge in [0.2, 0.25) is 0 Å². The number of nitriles is 1. The van der Waals surface area contributed by atoms with E-state index in [2.05, 4.69) is 21.4 Å². The Morgan fingerprint density at radius 1 is 1.52 bits per heavy atom. The highest BCUT2D eigenvalue weighted by Gasteiger charge is 2.20. The van der Waals surface area contributed by atoms with Crippen molar-refractivity contribution in [1.82, 2.24) is 15.3 Å². The van der Waals surface area contributed by atoms with E-state index in [0.717, 1.165) is 34.1 Å². The molecule has 0 saturated heterocycles. The molecule has 1 aromatic heterocycles. The maximum atomic E-state index is 9.12. The van der Waals surface area contributed by atoms with Crippen molar-refractivity contribution in [2.24, 2.45) is 0 Å². The fraction of sp³-hybridized carbons (Fsp3) is 0.467. The lowest BCUT2D eigenvalue weighted by molar-refractivity contribution is 0.340. The third-order valence-corrected chi connectivity index (χ3v) is 4.26. The molecule has 0 aliphatic heterocycles. The molecule has 112 valence electrons. The smallest absolute Gasteiger partial charge is 0.166 e. The Kier molecular flexibility index (Phi) is 5.10. The molecular weight excluding hydrogens is 284 g/mol. The van der Waals surface area contributed by atoms with Crippen molar-refractivity contribution in [2.75, 3.05) is 19.4 Å². The lowest BCUT2D eigenvalue weighted by Gasteiger charge is -2.19. The molecule has 0 bridgehead atoms. The van der Waals surface area contributed by atoms with E-state index in [1.807, 2.05) is 39.1 Å². The highest BCUT2D eigenvalue weighted by Crippen LogP contribution is 2.24. The number of H-pyrrole nitrogens is 1. The van der Waals surface area contributed by atoms with Gasteiger partial charge in [-0.05, 0) is 39.4 Å². The van der Waals surface area contributed by atoms with Crippen LogP contribution in [0.15, 0.2) is 23.4 Å². The third-order valence-electron chi connectivity index (χ3n) is 3.38. The number of rotatable bonds is 7. The SMILES string of the molecule is CCOc1ccc2nc(SCCC(C)(C#N)NC)[nH]c2c1. The Labute approximate surface area is 129 Å². The van der Waals surface area contributed by atoms with E-state index in [9.17, 15) is 0 Å². The summed E-state index contributed by atoms with van der Waals surface area (Å²) in [5, 5.41) is 13.0. The van der Waals surface area contributed by atoms with Crippen LogP contribution in [0, 0.1) is 11.3 Å². The van der Waals surface area contributed by atoms with E-state index in [4.69, 9.17) is 10.00 Å². The molecule has 0 spiro atoms. The number of imidazole rings is 1. The fourth-order valence-corrected chi connectivity index (χ4v) is 2.93. The van der Waals surface area contributed by atoms with Gasteiger partial charge >= 0.3 is 0 Å². The van der Waals surface area contributed by atoms with Crippen LogP contribution in [-0.4, -0.2) is 34.9 Å². The monoisotopic (exact) mass is 304 g/mol. The van der Waals surface area contributed by atoms with Crippen molar-refractivity contribution >= 4 is 22.8 Å². The van der Waals surface area contributed by atoms with Gasteiger partial charge in [0, 0.05) is 11.8 Å². The lowest BCUT2D eigenvalue weighted by Crippen LogP contribution is -2.38. The highest BCUT2D eigenvalue weighted by molar-refractivity contribution is 7.99. The van der Waals surface area contributed by atoms with Gasteiger partial charge in [-0.3, -0.25) is 0 Å². The molecule has 5 nitrogen and oxygen atoms in total. The van der Waals surface area contributed by atoms with Crippen molar-refractivity contribution in [3.8, 4) is 11.8 Å². The minimum atomic E-state index is -0.485. The van der Waals surface area contributed by atoms with Crippen LogP contribution in [0.25, 0.3) is 11.0 Å². The Morgan fingerprint density at radius 2 is 2.33 bits per heavy atom. The summed E-state index contributed by atoms with van der Waals surface area (Å²) >= 11 is 1.62. The molecule has 0 aliphatic rings. The molecule has 1 heterocycles. The zero-order valence-electron chi connectivity index (χ0n) is 12.6. The number of hydrogen-bond acceptors (Lipinski definition) is 5. The van der Waals surface area contributed by atoms with E-state index in [1.165, 1.54) is 0 Å². The number of aromatic amines is 1. The van der Waals surface area contributed by atoms with Gasteiger partial charge in [-0.2, -0.15) is 5.26 Å². The van der Waals surface area contributed by atoms with E-state index in [-0.39, 0.29) is 0 Å². The van der Waals surface area contributed by atoms with Gasteiger partial charge in [0.25, 0.3) is 0 Å². The predicted molar refractivity (Wildman–Crippen MR) is 85.7 cm³/mol. The standard InChI is InChI=1S/C15H20N4OS/c1-4-20-11-5-6-12-13(9-11)19-14(18-12)21-8-7-15(2,10-16)17-3/h5-6,9,17H,4,7-8H2,1-3H3,(H,18,19). The Bertz CT molecular complexity index is 649. The Morgan fingerprint density at radius 3 is 3.00 bits per heavy atom. The quantitative estimate of drug-likeness (QED) is 0.769. The minimum Gasteiger partial charge on any atom is -0.494 e. The fourth-order valence-electron chi connectivity index (χ4n) is 1.88. The topological polar surface area (TPSA) is 73.7 Å². The first kappa shape index (κ1) is 15.7. The first-order chi connectivity index (χ1) is 10.1. The van der Waals surface area contributed by atoms with Gasteiger partial charge in [0.15, 0.2) is 5.16 Å². The molecule has 0 fully saturated rings. The summed E-state index contributed by atoms with van der Waals surface area (Å²) in [7, 11) is 1.81. The number of benzene rings is 1. The van der Waals surface area contributed by atoms with E-state index in [1.54, 1.807) is 11.8 Å². The third kappa shape index (κ3) is 3.90. The average molecular weight is 304 g/mol. The van der Waals surface area contributed by atoms with E-state index >= 15 is 0 Å². The van der Waals surface area contributed by atoms with Crippen LogP contribution in [-0.2, 0) is 0 Å². The van der Waals surface area contributed by atoms with Gasteiger partial charge < -0.3 is 15.0 Å². The first-order valence-electron chi connectivity index (χ1n) is 6.96. The van der Waals surface area contributed by atoms with Gasteiger partial charge in [-0.1, -0.05) is 11.8 Å². The molecular formula is C15H20N4OS. The second kappa shape index (κ2) is 6.83. The summed E-state index contributed by atoms with van der Waals surface area (Å²) in [5.41, 5.74) is 1.42. The summed E-state index contributed by atoms with van der Waals surface area (Å²) < 4.78 is 5.48. The summed E-state index contributed by atoms with van der Waals surface area (Å²) in [6.45, 7) is 4.52. The van der Waals surface area contributed by atoms with Crippen molar-refractivity contribution in [3.05, 3.63) is 18.2 Å². The van der Waals surface area contributed by atoms with E-state index in [0.29, 0.717) is 6.61 Å². The molecule has 2 N–H and O–H groups in total. The second-order valence-corrected chi connectivity index (χ2v) is 6.03. The highest BCUT2D eigenvalue weighted by atomic mass is 32.2. The maximum absolute atomic E-state index is 9.12. The summed E-state index contributed by atoms with van der Waals surface area (Å²) in [4.78, 5) is 7.82. The zero-order chi connectivity index (χ0) is 15.3. The number of nitrogens with zero attached hydrogens (tertiary/aromatic N) is 2. The van der Waals surface area contributed by atoms with Crippen LogP contribution in [0.4, 0.5) is 0 Å². The van der Waals surface area contributed by atoms with Gasteiger partial charge in [0.1, 0.15) is 11.3 Å². The molecule has 21 heavy (non-hydrogen) atoms. The average Bonchev–Trinajstić information content (AvgIpc) is 2.89.